The molecule has 0 spiro atoms. The largest absolute Gasteiger partial charge is 0.385 e. The van der Waals surface area contributed by atoms with Crippen molar-refractivity contribution in [3.63, 3.8) is 0 Å². The van der Waals surface area contributed by atoms with Gasteiger partial charge in [0.2, 0.25) is 5.91 Å². The van der Waals surface area contributed by atoms with Crippen molar-refractivity contribution in [2.24, 2.45) is 0 Å². The van der Waals surface area contributed by atoms with Crippen LogP contribution in [-0.2, 0) is 17.8 Å². The summed E-state index contributed by atoms with van der Waals surface area (Å²) in [5.74, 6) is 0.0856. The third-order valence-corrected chi connectivity index (χ3v) is 3.91. The summed E-state index contributed by atoms with van der Waals surface area (Å²) < 4.78 is 0. The lowest BCUT2D eigenvalue weighted by Gasteiger charge is -2.11. The van der Waals surface area contributed by atoms with Crippen LogP contribution < -0.4 is 10.6 Å². The summed E-state index contributed by atoms with van der Waals surface area (Å²) in [4.78, 5) is 11.8. The minimum atomic E-state index is 0.0856. The molecule has 0 aromatic heterocycles. The van der Waals surface area contributed by atoms with Gasteiger partial charge < -0.3 is 10.6 Å². The number of carbonyl (C=O) groups excluding carboxylic acids is 1. The van der Waals surface area contributed by atoms with Crippen molar-refractivity contribution in [2.75, 3.05) is 11.9 Å². The van der Waals surface area contributed by atoms with Crippen LogP contribution in [0, 0.1) is 0 Å². The molecule has 0 bridgehead atoms. The first kappa shape index (κ1) is 22.0. The fraction of sp³-hybridized carbons (Fsp3) is 0.409. The Morgan fingerprint density at radius 3 is 2.38 bits per heavy atom. The molecule has 0 aliphatic rings. The third-order valence-electron chi connectivity index (χ3n) is 3.68. The van der Waals surface area contributed by atoms with E-state index in [0.29, 0.717) is 13.0 Å². The SMILES string of the molecule is CCC.CCc1cc(Cl)ccc1NCCCC(=O)NCc1ccccc1. The molecule has 0 saturated heterocycles. The van der Waals surface area contributed by atoms with E-state index in [0.717, 1.165) is 35.7 Å². The minimum Gasteiger partial charge on any atom is -0.385 e. The van der Waals surface area contributed by atoms with Crippen molar-refractivity contribution in [1.29, 1.82) is 0 Å². The van der Waals surface area contributed by atoms with E-state index < -0.39 is 0 Å². The molecule has 0 aliphatic heterocycles. The van der Waals surface area contributed by atoms with E-state index in [1.807, 2.05) is 48.5 Å². The fourth-order valence-electron chi connectivity index (χ4n) is 2.38. The van der Waals surface area contributed by atoms with Gasteiger partial charge in [0.05, 0.1) is 0 Å². The van der Waals surface area contributed by atoms with Crippen LogP contribution in [0.5, 0.6) is 0 Å². The van der Waals surface area contributed by atoms with Gasteiger partial charge in [-0.05, 0) is 42.2 Å². The summed E-state index contributed by atoms with van der Waals surface area (Å²) in [6.07, 6.45) is 3.50. The highest BCUT2D eigenvalue weighted by Gasteiger charge is 2.03. The van der Waals surface area contributed by atoms with Crippen molar-refractivity contribution in [3.05, 3.63) is 64.7 Å². The monoisotopic (exact) mass is 374 g/mol. The standard InChI is InChI=1S/C19H23ClN2O.C3H8/c1-2-16-13-17(20)10-11-18(16)21-12-6-9-19(23)22-14-15-7-4-3-5-8-15;1-3-2/h3-5,7-8,10-11,13,21H,2,6,9,12,14H2,1H3,(H,22,23);3H2,1-2H3. The summed E-state index contributed by atoms with van der Waals surface area (Å²) in [6, 6.07) is 15.8. The van der Waals surface area contributed by atoms with Gasteiger partial charge in [-0.3, -0.25) is 4.79 Å². The zero-order valence-corrected chi connectivity index (χ0v) is 16.9. The molecule has 26 heavy (non-hydrogen) atoms. The number of rotatable bonds is 8. The number of aryl methyl sites for hydroxylation is 1. The Labute approximate surface area is 163 Å². The van der Waals surface area contributed by atoms with Crippen molar-refractivity contribution in [1.82, 2.24) is 5.32 Å². The van der Waals surface area contributed by atoms with Crippen LogP contribution in [0.3, 0.4) is 0 Å². The first-order valence-corrected chi connectivity index (χ1v) is 9.81. The van der Waals surface area contributed by atoms with E-state index in [9.17, 15) is 4.79 Å². The minimum absolute atomic E-state index is 0.0856. The maximum absolute atomic E-state index is 11.8. The van der Waals surface area contributed by atoms with Crippen molar-refractivity contribution >= 4 is 23.2 Å². The topological polar surface area (TPSA) is 41.1 Å². The van der Waals surface area contributed by atoms with Gasteiger partial charge in [-0.1, -0.05) is 69.1 Å². The number of hydrogen-bond acceptors (Lipinski definition) is 2. The van der Waals surface area contributed by atoms with Gasteiger partial charge in [0.15, 0.2) is 0 Å². The average molecular weight is 375 g/mol. The first-order valence-electron chi connectivity index (χ1n) is 9.43. The van der Waals surface area contributed by atoms with Gasteiger partial charge >= 0.3 is 0 Å². The highest BCUT2D eigenvalue weighted by molar-refractivity contribution is 6.30. The van der Waals surface area contributed by atoms with Crippen LogP contribution in [0.25, 0.3) is 0 Å². The van der Waals surface area contributed by atoms with Gasteiger partial charge in [0.25, 0.3) is 0 Å². The summed E-state index contributed by atoms with van der Waals surface area (Å²) in [6.45, 7) is 7.71. The Morgan fingerprint density at radius 2 is 1.73 bits per heavy atom. The molecule has 0 heterocycles. The average Bonchev–Trinajstić information content (AvgIpc) is 2.66. The Morgan fingerprint density at radius 1 is 1.04 bits per heavy atom. The van der Waals surface area contributed by atoms with Crippen LogP contribution in [-0.4, -0.2) is 12.5 Å². The predicted molar refractivity (Wildman–Crippen MR) is 113 cm³/mol. The molecule has 2 aromatic carbocycles. The third kappa shape index (κ3) is 8.91. The molecule has 2 rings (SSSR count). The number of benzene rings is 2. The lowest BCUT2D eigenvalue weighted by atomic mass is 10.1. The molecule has 0 aliphatic carbocycles. The van der Waals surface area contributed by atoms with Crippen molar-refractivity contribution in [3.8, 4) is 0 Å². The van der Waals surface area contributed by atoms with Gasteiger partial charge in [0, 0.05) is 30.2 Å². The second-order valence-corrected chi connectivity index (χ2v) is 6.59. The van der Waals surface area contributed by atoms with Gasteiger partial charge in [-0.25, -0.2) is 0 Å². The molecular weight excluding hydrogens is 344 g/mol. The van der Waals surface area contributed by atoms with E-state index in [1.54, 1.807) is 0 Å². The van der Waals surface area contributed by atoms with Crippen LogP contribution in [0.15, 0.2) is 48.5 Å². The Bertz CT molecular complexity index is 644. The van der Waals surface area contributed by atoms with E-state index >= 15 is 0 Å². The normalized spacial score (nSPS) is 9.85. The summed E-state index contributed by atoms with van der Waals surface area (Å²) >= 11 is 6.00. The number of anilines is 1. The molecule has 1 amide bonds. The van der Waals surface area contributed by atoms with Crippen LogP contribution in [0.1, 0.15) is 51.2 Å². The van der Waals surface area contributed by atoms with Gasteiger partial charge in [-0.2, -0.15) is 0 Å². The number of carbonyl (C=O) groups is 1. The van der Waals surface area contributed by atoms with Crippen molar-refractivity contribution in [2.45, 2.75) is 53.0 Å². The highest BCUT2D eigenvalue weighted by Crippen LogP contribution is 2.21. The molecule has 0 unspecified atom stereocenters. The second kappa shape index (κ2) is 13.2. The molecule has 2 aromatic rings. The molecule has 0 saturated carbocycles. The van der Waals surface area contributed by atoms with Gasteiger partial charge in [-0.15, -0.1) is 0 Å². The zero-order valence-electron chi connectivity index (χ0n) is 16.1. The van der Waals surface area contributed by atoms with E-state index in [2.05, 4.69) is 31.4 Å². The highest BCUT2D eigenvalue weighted by atomic mass is 35.5. The molecule has 0 fully saturated rings. The molecule has 2 N–H and O–H groups in total. The lowest BCUT2D eigenvalue weighted by molar-refractivity contribution is -0.121. The fourth-order valence-corrected chi connectivity index (χ4v) is 2.58. The first-order chi connectivity index (χ1) is 12.6. The second-order valence-electron chi connectivity index (χ2n) is 6.15. The quantitative estimate of drug-likeness (QED) is 0.571. The maximum atomic E-state index is 11.8. The van der Waals surface area contributed by atoms with E-state index in [1.165, 1.54) is 12.0 Å². The number of nitrogens with one attached hydrogen (secondary N) is 2. The van der Waals surface area contributed by atoms with E-state index in [-0.39, 0.29) is 5.91 Å². The van der Waals surface area contributed by atoms with Crippen LogP contribution in [0.2, 0.25) is 5.02 Å². The number of hydrogen-bond donors (Lipinski definition) is 2. The molecule has 0 radical (unpaired) electrons. The smallest absolute Gasteiger partial charge is 0.220 e. The van der Waals surface area contributed by atoms with Crippen LogP contribution >= 0.6 is 11.6 Å². The number of amides is 1. The number of halogens is 1. The molecule has 4 heteroatoms. The van der Waals surface area contributed by atoms with Crippen molar-refractivity contribution < 1.29 is 4.79 Å². The molecule has 0 atom stereocenters. The Hall–Kier alpha value is -2.00. The Kier molecular flexibility index (Phi) is 11.2. The zero-order chi connectivity index (χ0) is 19.2. The van der Waals surface area contributed by atoms with E-state index in [4.69, 9.17) is 11.6 Å². The van der Waals surface area contributed by atoms with Gasteiger partial charge in [0.1, 0.15) is 0 Å². The molecular formula is C22H31ClN2O. The maximum Gasteiger partial charge on any atom is 0.220 e. The predicted octanol–water partition coefficient (Wildman–Crippen LogP) is 5.83. The summed E-state index contributed by atoms with van der Waals surface area (Å²) in [7, 11) is 0. The molecule has 142 valence electrons. The Balaban J connectivity index is 0.00000105. The summed E-state index contributed by atoms with van der Waals surface area (Å²) in [5.41, 5.74) is 3.42. The van der Waals surface area contributed by atoms with Crippen LogP contribution in [0.4, 0.5) is 5.69 Å². The lowest BCUT2D eigenvalue weighted by Crippen LogP contribution is -2.23. The summed E-state index contributed by atoms with van der Waals surface area (Å²) in [5, 5.41) is 7.08. The molecule has 3 nitrogen and oxygen atoms in total.